The molecule has 14 heavy (non-hydrogen) atoms. The number of ether oxygens (including phenoxy) is 1. The molecule has 0 aliphatic carbocycles. The van der Waals surface area contributed by atoms with Gasteiger partial charge in [-0.3, -0.25) is 4.98 Å². The Morgan fingerprint density at radius 2 is 2.43 bits per heavy atom. The third-order valence-corrected chi connectivity index (χ3v) is 2.31. The van der Waals surface area contributed by atoms with Crippen LogP contribution in [0.15, 0.2) is 18.5 Å². The molecule has 0 radical (unpaired) electrons. The lowest BCUT2D eigenvalue weighted by molar-refractivity contribution is 0.110. The monoisotopic (exact) mass is 215 g/mol. The molecule has 0 spiro atoms. The van der Waals surface area contributed by atoms with Crippen molar-refractivity contribution in [3.63, 3.8) is 0 Å². The van der Waals surface area contributed by atoms with Gasteiger partial charge >= 0.3 is 0 Å². The highest BCUT2D eigenvalue weighted by Crippen LogP contribution is 2.16. The lowest BCUT2D eigenvalue weighted by atomic mass is 10.1. The fourth-order valence-corrected chi connectivity index (χ4v) is 1.38. The second-order valence-electron chi connectivity index (χ2n) is 3.11. The maximum Gasteiger partial charge on any atom is 0.0622 e. The van der Waals surface area contributed by atoms with Gasteiger partial charge < -0.3 is 9.84 Å². The Labute approximate surface area is 88.7 Å². The molecule has 0 aliphatic heterocycles. The van der Waals surface area contributed by atoms with Crippen molar-refractivity contribution in [3.8, 4) is 0 Å². The van der Waals surface area contributed by atoms with Gasteiger partial charge in [0.25, 0.3) is 0 Å². The average Bonchev–Trinajstić information content (AvgIpc) is 2.18. The van der Waals surface area contributed by atoms with Crippen molar-refractivity contribution in [1.82, 2.24) is 4.98 Å². The first-order valence-corrected chi connectivity index (χ1v) is 4.87. The highest BCUT2D eigenvalue weighted by Gasteiger charge is 2.07. The van der Waals surface area contributed by atoms with Crippen molar-refractivity contribution < 1.29 is 9.84 Å². The molecule has 0 bridgehead atoms. The molecule has 78 valence electrons. The zero-order chi connectivity index (χ0) is 10.4. The minimum Gasteiger partial charge on any atom is -0.393 e. The number of halogens is 1. The molecule has 0 saturated carbocycles. The number of aliphatic hydroxyl groups is 1. The Morgan fingerprint density at radius 3 is 3.07 bits per heavy atom. The Bertz CT molecular complexity index is 281. The molecule has 1 rings (SSSR count). The molecule has 1 N–H and O–H groups in total. The summed E-state index contributed by atoms with van der Waals surface area (Å²) >= 11 is 5.90. The molecule has 0 saturated heterocycles. The number of aromatic nitrogens is 1. The fraction of sp³-hybridized carbons (Fsp3) is 0.500. The number of nitrogens with zero attached hydrogens (tertiary/aromatic N) is 1. The minimum atomic E-state index is -0.408. The van der Waals surface area contributed by atoms with Crippen LogP contribution in [0, 0.1) is 0 Å². The van der Waals surface area contributed by atoms with Gasteiger partial charge in [-0.1, -0.05) is 11.6 Å². The van der Waals surface area contributed by atoms with Crippen LogP contribution in [0.2, 0.25) is 5.02 Å². The number of rotatable bonds is 5. The van der Waals surface area contributed by atoms with Crippen LogP contribution in [0.3, 0.4) is 0 Å². The van der Waals surface area contributed by atoms with E-state index >= 15 is 0 Å². The third kappa shape index (κ3) is 3.62. The van der Waals surface area contributed by atoms with E-state index in [2.05, 4.69) is 4.98 Å². The molecule has 0 aromatic carbocycles. The topological polar surface area (TPSA) is 42.4 Å². The van der Waals surface area contributed by atoms with Crippen molar-refractivity contribution in [2.75, 3.05) is 13.7 Å². The van der Waals surface area contributed by atoms with Gasteiger partial charge in [0.05, 0.1) is 11.1 Å². The summed E-state index contributed by atoms with van der Waals surface area (Å²) < 4.78 is 4.88. The first-order chi connectivity index (χ1) is 6.74. The van der Waals surface area contributed by atoms with E-state index in [1.807, 2.05) is 6.07 Å². The molecule has 0 fully saturated rings. The maximum absolute atomic E-state index is 9.60. The van der Waals surface area contributed by atoms with Gasteiger partial charge in [-0.15, -0.1) is 0 Å². The number of hydrogen-bond donors (Lipinski definition) is 1. The van der Waals surface area contributed by atoms with Crippen LogP contribution < -0.4 is 0 Å². The normalized spacial score (nSPS) is 12.8. The van der Waals surface area contributed by atoms with E-state index in [4.69, 9.17) is 16.3 Å². The third-order valence-electron chi connectivity index (χ3n) is 1.97. The van der Waals surface area contributed by atoms with Gasteiger partial charge in [0.15, 0.2) is 0 Å². The molecule has 0 aliphatic rings. The zero-order valence-electron chi connectivity index (χ0n) is 8.11. The number of hydrogen-bond acceptors (Lipinski definition) is 3. The summed E-state index contributed by atoms with van der Waals surface area (Å²) in [4.78, 5) is 3.88. The van der Waals surface area contributed by atoms with Gasteiger partial charge in [-0.25, -0.2) is 0 Å². The highest BCUT2D eigenvalue weighted by molar-refractivity contribution is 6.31. The van der Waals surface area contributed by atoms with Crippen LogP contribution in [0.5, 0.6) is 0 Å². The van der Waals surface area contributed by atoms with Crippen LogP contribution >= 0.6 is 11.6 Å². The molecule has 1 heterocycles. The summed E-state index contributed by atoms with van der Waals surface area (Å²) in [5.74, 6) is 0. The van der Waals surface area contributed by atoms with E-state index in [9.17, 15) is 5.11 Å². The second-order valence-corrected chi connectivity index (χ2v) is 3.51. The van der Waals surface area contributed by atoms with E-state index in [-0.39, 0.29) is 0 Å². The van der Waals surface area contributed by atoms with Gasteiger partial charge in [-0.05, 0) is 18.1 Å². The van der Waals surface area contributed by atoms with E-state index in [1.165, 1.54) is 0 Å². The van der Waals surface area contributed by atoms with E-state index in [1.54, 1.807) is 19.5 Å². The Balaban J connectivity index is 2.47. The van der Waals surface area contributed by atoms with Crippen molar-refractivity contribution in [2.45, 2.75) is 18.9 Å². The molecule has 3 nitrogen and oxygen atoms in total. The molecule has 4 heteroatoms. The first-order valence-electron chi connectivity index (χ1n) is 4.49. The summed E-state index contributed by atoms with van der Waals surface area (Å²) in [7, 11) is 1.62. The fourth-order valence-electron chi connectivity index (χ4n) is 1.18. The first kappa shape index (κ1) is 11.4. The van der Waals surface area contributed by atoms with E-state index in [0.717, 1.165) is 5.56 Å². The van der Waals surface area contributed by atoms with Crippen molar-refractivity contribution in [3.05, 3.63) is 29.0 Å². The molecule has 1 aromatic heterocycles. The molecule has 1 atom stereocenters. The highest BCUT2D eigenvalue weighted by atomic mass is 35.5. The molecule has 0 amide bonds. The lowest BCUT2D eigenvalue weighted by Gasteiger charge is -2.10. The van der Waals surface area contributed by atoms with E-state index < -0.39 is 6.10 Å². The SMILES string of the molecule is COCCC(O)Cc1ccncc1Cl. The van der Waals surface area contributed by atoms with Crippen LogP contribution in [-0.2, 0) is 11.2 Å². The molecule has 1 aromatic rings. The standard InChI is InChI=1S/C10H14ClNO2/c1-14-5-3-9(13)6-8-2-4-12-7-10(8)11/h2,4,7,9,13H,3,5-6H2,1H3. The lowest BCUT2D eigenvalue weighted by Crippen LogP contribution is -2.13. The predicted octanol–water partition coefficient (Wildman–Crippen LogP) is 1.67. The van der Waals surface area contributed by atoms with Gasteiger partial charge in [0, 0.05) is 32.5 Å². The maximum atomic E-state index is 9.60. The van der Waals surface area contributed by atoms with Gasteiger partial charge in [-0.2, -0.15) is 0 Å². The average molecular weight is 216 g/mol. The minimum absolute atomic E-state index is 0.408. The Hall–Kier alpha value is -0.640. The van der Waals surface area contributed by atoms with Gasteiger partial charge in [0.2, 0.25) is 0 Å². The quantitative estimate of drug-likeness (QED) is 0.813. The van der Waals surface area contributed by atoms with Crippen molar-refractivity contribution in [2.24, 2.45) is 0 Å². The predicted molar refractivity (Wildman–Crippen MR) is 55.5 cm³/mol. The summed E-state index contributed by atoms with van der Waals surface area (Å²) in [6, 6.07) is 1.82. The summed E-state index contributed by atoms with van der Waals surface area (Å²) in [5.41, 5.74) is 0.922. The van der Waals surface area contributed by atoms with Gasteiger partial charge in [0.1, 0.15) is 0 Å². The van der Waals surface area contributed by atoms with Crippen molar-refractivity contribution >= 4 is 11.6 Å². The summed E-state index contributed by atoms with van der Waals surface area (Å²) in [6.45, 7) is 0.559. The Kier molecular flexibility index (Phi) is 4.87. The molecular formula is C10H14ClNO2. The summed E-state index contributed by atoms with van der Waals surface area (Å²) in [6.07, 6.45) is 4.01. The van der Waals surface area contributed by atoms with Crippen LogP contribution in [-0.4, -0.2) is 29.9 Å². The number of aliphatic hydroxyl groups excluding tert-OH is 1. The molecular weight excluding hydrogens is 202 g/mol. The number of pyridine rings is 1. The van der Waals surface area contributed by atoms with Crippen molar-refractivity contribution in [1.29, 1.82) is 0 Å². The van der Waals surface area contributed by atoms with Crippen LogP contribution in [0.25, 0.3) is 0 Å². The largest absolute Gasteiger partial charge is 0.393 e. The smallest absolute Gasteiger partial charge is 0.0622 e. The summed E-state index contributed by atoms with van der Waals surface area (Å²) in [5, 5.41) is 10.2. The Morgan fingerprint density at radius 1 is 1.64 bits per heavy atom. The van der Waals surface area contributed by atoms with E-state index in [0.29, 0.717) is 24.5 Å². The molecule has 1 unspecified atom stereocenters. The second kappa shape index (κ2) is 5.96. The number of methoxy groups -OCH3 is 1. The zero-order valence-corrected chi connectivity index (χ0v) is 8.87. The van der Waals surface area contributed by atoms with Crippen LogP contribution in [0.4, 0.5) is 0 Å². The van der Waals surface area contributed by atoms with Crippen LogP contribution in [0.1, 0.15) is 12.0 Å².